The molecule has 3 rings (SSSR count). The Balaban J connectivity index is 1.79. The largest absolute Gasteiger partial charge is 0.314 e. The molecule has 1 saturated heterocycles. The van der Waals surface area contributed by atoms with Gasteiger partial charge in [0.05, 0.1) is 16.8 Å². The Bertz CT molecular complexity index is 516. The molecule has 0 spiro atoms. The van der Waals surface area contributed by atoms with Crippen LogP contribution in [0.25, 0.3) is 10.2 Å². The molecule has 1 atom stereocenters. The van der Waals surface area contributed by atoms with Crippen LogP contribution in [0.15, 0.2) is 24.3 Å². The molecule has 1 aromatic heterocycles. The Hall–Kier alpha value is -0.970. The van der Waals surface area contributed by atoms with Gasteiger partial charge in [-0.1, -0.05) is 26.0 Å². The lowest BCUT2D eigenvalue weighted by atomic mass is 10.0. The summed E-state index contributed by atoms with van der Waals surface area (Å²) in [5, 5.41) is 4.74. The van der Waals surface area contributed by atoms with E-state index < -0.39 is 0 Å². The maximum absolute atomic E-state index is 4.76. The Morgan fingerprint density at radius 3 is 3.05 bits per heavy atom. The van der Waals surface area contributed by atoms with E-state index in [0.29, 0.717) is 12.0 Å². The van der Waals surface area contributed by atoms with E-state index in [1.165, 1.54) is 9.71 Å². The molecule has 3 nitrogen and oxygen atoms in total. The number of nitrogens with zero attached hydrogens (tertiary/aromatic N) is 2. The lowest BCUT2D eigenvalue weighted by molar-refractivity contribution is 0.117. The van der Waals surface area contributed by atoms with Crippen molar-refractivity contribution in [2.24, 2.45) is 5.92 Å². The summed E-state index contributed by atoms with van der Waals surface area (Å²) in [6.07, 6.45) is 0. The highest BCUT2D eigenvalue weighted by molar-refractivity contribution is 7.18. The summed E-state index contributed by atoms with van der Waals surface area (Å²) in [5.41, 5.74) is 1.14. The second-order valence-corrected chi connectivity index (χ2v) is 6.68. The number of benzene rings is 1. The van der Waals surface area contributed by atoms with Gasteiger partial charge in [-0.05, 0) is 18.1 Å². The molecule has 0 amide bonds. The number of fused-ring (bicyclic) bond motifs is 1. The molecular formula is C15H21N3S. The van der Waals surface area contributed by atoms with Crippen molar-refractivity contribution in [1.29, 1.82) is 0 Å². The van der Waals surface area contributed by atoms with Gasteiger partial charge in [0.1, 0.15) is 5.01 Å². The summed E-state index contributed by atoms with van der Waals surface area (Å²) in [4.78, 5) is 7.34. The number of thiazole rings is 1. The SMILES string of the molecule is CC(C)C1CNCCN1Cc1nc2ccccc2s1. The topological polar surface area (TPSA) is 28.2 Å². The second-order valence-electron chi connectivity index (χ2n) is 5.56. The van der Waals surface area contributed by atoms with Crippen LogP contribution >= 0.6 is 11.3 Å². The molecular weight excluding hydrogens is 254 g/mol. The lowest BCUT2D eigenvalue weighted by Gasteiger charge is -2.38. The van der Waals surface area contributed by atoms with Gasteiger partial charge < -0.3 is 5.32 Å². The molecule has 1 N–H and O–H groups in total. The minimum Gasteiger partial charge on any atom is -0.314 e. The molecule has 0 bridgehead atoms. The van der Waals surface area contributed by atoms with Crippen molar-refractivity contribution in [3.8, 4) is 0 Å². The van der Waals surface area contributed by atoms with Crippen LogP contribution in [0.4, 0.5) is 0 Å². The lowest BCUT2D eigenvalue weighted by Crippen LogP contribution is -2.52. The van der Waals surface area contributed by atoms with Gasteiger partial charge >= 0.3 is 0 Å². The van der Waals surface area contributed by atoms with Gasteiger partial charge in [0.25, 0.3) is 0 Å². The predicted octanol–water partition coefficient (Wildman–Crippen LogP) is 2.73. The van der Waals surface area contributed by atoms with Crippen LogP contribution in [0.5, 0.6) is 0 Å². The molecule has 4 heteroatoms. The first-order chi connectivity index (χ1) is 9.24. The molecule has 1 aliphatic rings. The van der Waals surface area contributed by atoms with Crippen LogP contribution < -0.4 is 5.32 Å². The van der Waals surface area contributed by atoms with E-state index in [2.05, 4.69) is 48.3 Å². The fraction of sp³-hybridized carbons (Fsp3) is 0.533. The van der Waals surface area contributed by atoms with Gasteiger partial charge in [-0.15, -0.1) is 11.3 Å². The van der Waals surface area contributed by atoms with Crippen molar-refractivity contribution in [2.75, 3.05) is 19.6 Å². The summed E-state index contributed by atoms with van der Waals surface area (Å²) in [7, 11) is 0. The van der Waals surface area contributed by atoms with Crippen molar-refractivity contribution in [3.05, 3.63) is 29.3 Å². The van der Waals surface area contributed by atoms with E-state index in [-0.39, 0.29) is 0 Å². The van der Waals surface area contributed by atoms with E-state index in [0.717, 1.165) is 31.7 Å². The van der Waals surface area contributed by atoms with Crippen LogP contribution in [0.2, 0.25) is 0 Å². The van der Waals surface area contributed by atoms with Gasteiger partial charge in [-0.2, -0.15) is 0 Å². The average Bonchev–Trinajstić information content (AvgIpc) is 2.81. The normalized spacial score (nSPS) is 21.3. The Morgan fingerprint density at radius 2 is 2.26 bits per heavy atom. The number of piperazine rings is 1. The quantitative estimate of drug-likeness (QED) is 0.933. The summed E-state index contributed by atoms with van der Waals surface area (Å²) in [6.45, 7) is 8.92. The molecule has 0 radical (unpaired) electrons. The van der Waals surface area contributed by atoms with Gasteiger partial charge in [-0.25, -0.2) is 4.98 Å². The third-order valence-electron chi connectivity index (χ3n) is 3.84. The summed E-state index contributed by atoms with van der Waals surface area (Å²) in [5.74, 6) is 0.683. The van der Waals surface area contributed by atoms with E-state index in [4.69, 9.17) is 4.98 Å². The molecule has 0 saturated carbocycles. The molecule has 1 aromatic carbocycles. The highest BCUT2D eigenvalue weighted by atomic mass is 32.1. The number of aromatic nitrogens is 1. The first-order valence-electron chi connectivity index (χ1n) is 7.03. The zero-order valence-corrected chi connectivity index (χ0v) is 12.4. The summed E-state index contributed by atoms with van der Waals surface area (Å²) < 4.78 is 1.30. The molecule has 19 heavy (non-hydrogen) atoms. The zero-order chi connectivity index (χ0) is 13.2. The fourth-order valence-electron chi connectivity index (χ4n) is 2.78. The van der Waals surface area contributed by atoms with Crippen LogP contribution in [0, 0.1) is 5.92 Å². The van der Waals surface area contributed by atoms with Crippen LogP contribution in [-0.4, -0.2) is 35.6 Å². The van der Waals surface area contributed by atoms with Gasteiger partial charge in [0, 0.05) is 25.7 Å². The van der Waals surface area contributed by atoms with Crippen LogP contribution in [0.3, 0.4) is 0 Å². The van der Waals surface area contributed by atoms with Crippen molar-refractivity contribution in [1.82, 2.24) is 15.2 Å². The van der Waals surface area contributed by atoms with Crippen molar-refractivity contribution >= 4 is 21.6 Å². The van der Waals surface area contributed by atoms with Crippen molar-refractivity contribution < 1.29 is 0 Å². The van der Waals surface area contributed by atoms with Crippen LogP contribution in [0.1, 0.15) is 18.9 Å². The minimum absolute atomic E-state index is 0.626. The third kappa shape index (κ3) is 2.81. The second kappa shape index (κ2) is 5.57. The number of hydrogen-bond acceptors (Lipinski definition) is 4. The molecule has 1 aliphatic heterocycles. The molecule has 2 heterocycles. The number of rotatable bonds is 3. The number of para-hydroxylation sites is 1. The Kier molecular flexibility index (Phi) is 3.82. The van der Waals surface area contributed by atoms with Gasteiger partial charge in [0.2, 0.25) is 0 Å². The first kappa shape index (κ1) is 13.0. The average molecular weight is 275 g/mol. The van der Waals surface area contributed by atoms with E-state index in [9.17, 15) is 0 Å². The third-order valence-corrected chi connectivity index (χ3v) is 4.87. The summed E-state index contributed by atoms with van der Waals surface area (Å²) >= 11 is 1.83. The zero-order valence-electron chi connectivity index (χ0n) is 11.6. The van der Waals surface area contributed by atoms with Gasteiger partial charge in [0.15, 0.2) is 0 Å². The maximum Gasteiger partial charge on any atom is 0.108 e. The smallest absolute Gasteiger partial charge is 0.108 e. The monoisotopic (exact) mass is 275 g/mol. The Morgan fingerprint density at radius 1 is 1.42 bits per heavy atom. The van der Waals surface area contributed by atoms with E-state index in [1.54, 1.807) is 0 Å². The standard InChI is InChI=1S/C15H21N3S/c1-11(2)13-9-16-7-8-18(13)10-15-17-12-5-3-4-6-14(12)19-15/h3-6,11,13,16H,7-10H2,1-2H3. The predicted molar refractivity (Wildman–Crippen MR) is 81.5 cm³/mol. The van der Waals surface area contributed by atoms with Gasteiger partial charge in [-0.3, -0.25) is 4.90 Å². The molecule has 1 fully saturated rings. The van der Waals surface area contributed by atoms with Crippen LogP contribution in [-0.2, 0) is 6.54 Å². The fourth-order valence-corrected chi connectivity index (χ4v) is 3.78. The van der Waals surface area contributed by atoms with E-state index in [1.807, 2.05) is 11.3 Å². The first-order valence-corrected chi connectivity index (χ1v) is 7.85. The van der Waals surface area contributed by atoms with Crippen molar-refractivity contribution in [3.63, 3.8) is 0 Å². The van der Waals surface area contributed by atoms with Crippen molar-refractivity contribution in [2.45, 2.75) is 26.4 Å². The number of hydrogen-bond donors (Lipinski definition) is 1. The van der Waals surface area contributed by atoms with E-state index >= 15 is 0 Å². The molecule has 1 unspecified atom stereocenters. The molecule has 102 valence electrons. The number of nitrogens with one attached hydrogen (secondary N) is 1. The minimum atomic E-state index is 0.626. The molecule has 0 aliphatic carbocycles. The maximum atomic E-state index is 4.76. The Labute approximate surface area is 118 Å². The highest BCUT2D eigenvalue weighted by Crippen LogP contribution is 2.24. The molecule has 2 aromatic rings. The summed E-state index contributed by atoms with van der Waals surface area (Å²) in [6, 6.07) is 9.04. The highest BCUT2D eigenvalue weighted by Gasteiger charge is 2.25.